The van der Waals surface area contributed by atoms with Crippen molar-refractivity contribution in [3.8, 4) is 17.0 Å². The highest BCUT2D eigenvalue weighted by Crippen LogP contribution is 2.41. The molecule has 4 nitrogen and oxygen atoms in total. The molecule has 1 heterocycles. The second kappa shape index (κ2) is 6.67. The van der Waals surface area contributed by atoms with Crippen LogP contribution in [0.25, 0.3) is 22.2 Å². The maximum absolute atomic E-state index is 10.0. The molecular weight excluding hydrogens is 458 g/mol. The molecule has 2 aromatic carbocycles. The van der Waals surface area contributed by atoms with E-state index in [9.17, 15) is 5.11 Å². The highest BCUT2D eigenvalue weighted by Gasteiger charge is 2.22. The van der Waals surface area contributed by atoms with Crippen LogP contribution in [-0.2, 0) is 12.8 Å². The number of aryl methyl sites for hydroxylation is 1. The number of nitrogens with one attached hydrogen (secondary N) is 1. The number of halogens is 2. The molecule has 1 aromatic heterocycles. The zero-order chi connectivity index (χ0) is 18.4. The van der Waals surface area contributed by atoms with Gasteiger partial charge in [0.05, 0.1) is 20.2 Å². The fraction of sp³-hybridized carbons (Fsp3) is 0.200. The first-order chi connectivity index (χ1) is 12.5. The average Bonchev–Trinajstić information content (AvgIpc) is 2.65. The van der Waals surface area contributed by atoms with Crippen molar-refractivity contribution in [3.05, 3.63) is 49.9 Å². The Morgan fingerprint density at radius 2 is 1.73 bits per heavy atom. The number of aromatic nitrogens is 1. The number of hydrogen-bond acceptors (Lipinski definition) is 4. The number of phenols is 1. The number of phenolic OH excluding ortho intramolecular Hbond substituents is 1. The van der Waals surface area contributed by atoms with Crippen LogP contribution in [0.5, 0.6) is 5.75 Å². The first kappa shape index (κ1) is 17.5. The Kier molecular flexibility index (Phi) is 4.49. The quantitative estimate of drug-likeness (QED) is 0.334. The van der Waals surface area contributed by atoms with Gasteiger partial charge in [0.15, 0.2) is 0 Å². The number of anilines is 1. The van der Waals surface area contributed by atoms with Crippen molar-refractivity contribution in [1.29, 1.82) is 5.41 Å². The lowest BCUT2D eigenvalue weighted by Gasteiger charge is -2.23. The van der Waals surface area contributed by atoms with Crippen LogP contribution in [0, 0.1) is 5.41 Å². The van der Waals surface area contributed by atoms with E-state index < -0.39 is 0 Å². The summed E-state index contributed by atoms with van der Waals surface area (Å²) in [7, 11) is 0. The summed E-state index contributed by atoms with van der Waals surface area (Å²) in [6, 6.07) is 7.55. The van der Waals surface area contributed by atoms with E-state index in [-0.39, 0.29) is 5.75 Å². The molecule has 0 aliphatic heterocycles. The lowest BCUT2D eigenvalue weighted by molar-refractivity contribution is 0.468. The molecule has 4 rings (SSSR count). The molecule has 0 atom stereocenters. The monoisotopic (exact) mass is 473 g/mol. The summed E-state index contributed by atoms with van der Waals surface area (Å²) >= 11 is 6.84. The lowest BCUT2D eigenvalue weighted by atomic mass is 9.85. The Morgan fingerprint density at radius 3 is 2.38 bits per heavy atom. The molecule has 0 bridgehead atoms. The van der Waals surface area contributed by atoms with Gasteiger partial charge in [0.1, 0.15) is 5.75 Å². The zero-order valence-corrected chi connectivity index (χ0v) is 17.1. The zero-order valence-electron chi connectivity index (χ0n) is 13.9. The lowest BCUT2D eigenvalue weighted by Crippen LogP contribution is -2.09. The highest BCUT2D eigenvalue weighted by molar-refractivity contribution is 9.11. The van der Waals surface area contributed by atoms with Gasteiger partial charge in [-0.2, -0.15) is 0 Å². The summed E-state index contributed by atoms with van der Waals surface area (Å²) < 4.78 is 1.26. The van der Waals surface area contributed by atoms with E-state index in [1.54, 1.807) is 0 Å². The summed E-state index contributed by atoms with van der Waals surface area (Å²) in [5.41, 5.74) is 12.7. The number of fused-ring (bicyclic) bond motifs is 3. The molecule has 6 heteroatoms. The predicted molar refractivity (Wildman–Crippen MR) is 113 cm³/mol. The van der Waals surface area contributed by atoms with Gasteiger partial charge >= 0.3 is 0 Å². The van der Waals surface area contributed by atoms with E-state index in [0.29, 0.717) is 14.6 Å². The molecule has 0 saturated carbocycles. The van der Waals surface area contributed by atoms with Gasteiger partial charge in [-0.1, -0.05) is 0 Å². The summed E-state index contributed by atoms with van der Waals surface area (Å²) in [4.78, 5) is 4.94. The van der Waals surface area contributed by atoms with E-state index >= 15 is 0 Å². The fourth-order valence-corrected chi connectivity index (χ4v) is 4.95. The van der Waals surface area contributed by atoms with Crippen molar-refractivity contribution in [2.75, 3.05) is 5.73 Å². The number of aromatic hydroxyl groups is 1. The van der Waals surface area contributed by atoms with Crippen LogP contribution >= 0.6 is 31.9 Å². The molecule has 0 unspecified atom stereocenters. The fourth-order valence-electron chi connectivity index (χ4n) is 3.76. The molecule has 132 valence electrons. The molecule has 3 aromatic rings. The van der Waals surface area contributed by atoms with Crippen molar-refractivity contribution in [2.24, 2.45) is 0 Å². The summed E-state index contributed by atoms with van der Waals surface area (Å²) in [5.74, 6) is 0.183. The summed E-state index contributed by atoms with van der Waals surface area (Å²) in [5, 5.41) is 18.9. The van der Waals surface area contributed by atoms with Crippen LogP contribution in [0.1, 0.15) is 29.5 Å². The van der Waals surface area contributed by atoms with Gasteiger partial charge in [-0.15, -0.1) is 0 Å². The van der Waals surface area contributed by atoms with E-state index in [2.05, 4.69) is 31.9 Å². The molecule has 0 spiro atoms. The molecule has 4 N–H and O–H groups in total. The molecule has 0 fully saturated rings. The predicted octanol–water partition coefficient (Wildman–Crippen LogP) is 5.59. The van der Waals surface area contributed by atoms with Crippen LogP contribution in [0.15, 0.2) is 33.2 Å². The topological polar surface area (TPSA) is 83.0 Å². The molecule has 1 aliphatic rings. The van der Waals surface area contributed by atoms with Crippen LogP contribution in [0.3, 0.4) is 0 Å². The number of rotatable bonds is 2. The minimum Gasteiger partial charge on any atom is -0.506 e. The maximum Gasteiger partial charge on any atom is 0.143 e. The molecule has 26 heavy (non-hydrogen) atoms. The van der Waals surface area contributed by atoms with Crippen LogP contribution in [0.2, 0.25) is 0 Å². The number of pyridine rings is 1. The van der Waals surface area contributed by atoms with Crippen molar-refractivity contribution < 1.29 is 5.11 Å². The molecule has 1 aliphatic carbocycles. The second-order valence-corrected chi connectivity index (χ2v) is 8.23. The number of nitrogen functional groups attached to an aromatic ring is 1. The Balaban J connectivity index is 2.09. The standard InChI is InChI=1S/C20H17Br2N3O/c21-14-7-10(8-15(22)20(14)26)19-12-4-2-1-3-11(12)18-13(9-23)16(24)5-6-17(18)25-19/h5-9,23,26H,1-4,24H2. The van der Waals surface area contributed by atoms with Crippen LogP contribution in [-0.4, -0.2) is 16.3 Å². The van der Waals surface area contributed by atoms with Gasteiger partial charge in [0.25, 0.3) is 0 Å². The highest BCUT2D eigenvalue weighted by atomic mass is 79.9. The molecule has 0 radical (unpaired) electrons. The Labute approximate surface area is 168 Å². The first-order valence-electron chi connectivity index (χ1n) is 8.44. The van der Waals surface area contributed by atoms with Crippen molar-refractivity contribution in [2.45, 2.75) is 25.7 Å². The SMILES string of the molecule is N=Cc1c(N)ccc2nc(-c3cc(Br)c(O)c(Br)c3)c3c(c12)CCCC3. The average molecular weight is 475 g/mol. The van der Waals surface area contributed by atoms with Crippen molar-refractivity contribution in [3.63, 3.8) is 0 Å². The van der Waals surface area contributed by atoms with Gasteiger partial charge < -0.3 is 16.2 Å². The molecule has 0 amide bonds. The van der Waals surface area contributed by atoms with Crippen LogP contribution < -0.4 is 5.73 Å². The maximum atomic E-state index is 10.0. The van der Waals surface area contributed by atoms with Crippen LogP contribution in [0.4, 0.5) is 5.69 Å². The van der Waals surface area contributed by atoms with Gasteiger partial charge in [0.2, 0.25) is 0 Å². The Hall–Kier alpha value is -1.92. The Bertz CT molecular complexity index is 1040. The minimum absolute atomic E-state index is 0.183. The van der Waals surface area contributed by atoms with Gasteiger partial charge in [-0.05, 0) is 92.9 Å². The third kappa shape index (κ3) is 2.72. The van der Waals surface area contributed by atoms with Crippen molar-refractivity contribution >= 4 is 54.7 Å². The third-order valence-corrected chi connectivity index (χ3v) is 6.19. The number of nitrogens with zero attached hydrogens (tertiary/aromatic N) is 1. The van der Waals surface area contributed by atoms with E-state index in [0.717, 1.165) is 53.4 Å². The smallest absolute Gasteiger partial charge is 0.143 e. The molecule has 0 saturated heterocycles. The van der Waals surface area contributed by atoms with E-state index in [4.69, 9.17) is 16.1 Å². The van der Waals surface area contributed by atoms with Gasteiger partial charge in [-0.3, -0.25) is 0 Å². The minimum atomic E-state index is 0.183. The first-order valence-corrected chi connectivity index (χ1v) is 10.0. The van der Waals surface area contributed by atoms with E-state index in [1.165, 1.54) is 17.3 Å². The summed E-state index contributed by atoms with van der Waals surface area (Å²) in [6.07, 6.45) is 5.50. The third-order valence-electron chi connectivity index (χ3n) is 4.98. The number of benzene rings is 2. The Morgan fingerprint density at radius 1 is 1.08 bits per heavy atom. The van der Waals surface area contributed by atoms with Crippen molar-refractivity contribution in [1.82, 2.24) is 4.98 Å². The van der Waals surface area contributed by atoms with E-state index in [1.807, 2.05) is 24.3 Å². The number of hydrogen-bond donors (Lipinski definition) is 3. The van der Waals surface area contributed by atoms with Gasteiger partial charge in [0, 0.05) is 28.4 Å². The second-order valence-electron chi connectivity index (χ2n) is 6.52. The largest absolute Gasteiger partial charge is 0.506 e. The summed E-state index contributed by atoms with van der Waals surface area (Å²) in [6.45, 7) is 0. The normalized spacial score (nSPS) is 13.6. The van der Waals surface area contributed by atoms with Gasteiger partial charge in [-0.25, -0.2) is 4.98 Å². The number of nitrogens with two attached hydrogens (primary N) is 1. The molecular formula is C20H17Br2N3O.